The van der Waals surface area contributed by atoms with Gasteiger partial charge in [-0.15, -0.1) is 0 Å². The van der Waals surface area contributed by atoms with Gasteiger partial charge in [-0.2, -0.15) is 0 Å². The number of aliphatic imine (C=N–C) groups is 1. The minimum Gasteiger partial charge on any atom is -0.560 e. The van der Waals surface area contributed by atoms with Crippen LogP contribution in [-0.2, 0) is 18.1 Å². The molecule has 2 atom stereocenters. The molecule has 1 aromatic carbocycles. The van der Waals surface area contributed by atoms with Crippen molar-refractivity contribution in [1.29, 1.82) is 0 Å². The van der Waals surface area contributed by atoms with Crippen LogP contribution < -0.4 is 5.73 Å². The van der Waals surface area contributed by atoms with Crippen LogP contribution in [-0.4, -0.2) is 49.7 Å². The van der Waals surface area contributed by atoms with Crippen LogP contribution in [0.1, 0.15) is 44.5 Å². The molecule has 0 aliphatic heterocycles. The van der Waals surface area contributed by atoms with Crippen LogP contribution in [0.4, 0.5) is 0 Å². The summed E-state index contributed by atoms with van der Waals surface area (Å²) in [6.45, 7) is 11.0. The summed E-state index contributed by atoms with van der Waals surface area (Å²) < 4.78 is 6.50. The number of hydrogen-bond acceptors (Lipinski definition) is 5. The van der Waals surface area contributed by atoms with E-state index < -0.39 is 8.32 Å². The van der Waals surface area contributed by atoms with Gasteiger partial charge in [0, 0.05) is 31.3 Å². The molecule has 0 fully saturated rings. The quantitative estimate of drug-likeness (QED) is 0.346. The second kappa shape index (κ2) is 9.94. The van der Waals surface area contributed by atoms with Gasteiger partial charge in [0.15, 0.2) is 14.7 Å². The summed E-state index contributed by atoms with van der Waals surface area (Å²) in [4.78, 5) is 19.7. The van der Waals surface area contributed by atoms with Crippen molar-refractivity contribution in [2.24, 2.45) is 17.8 Å². The van der Waals surface area contributed by atoms with E-state index in [4.69, 9.17) is 18.8 Å². The molecule has 1 aromatic heterocycles. The molecular weight excluding hydrogens is 391 g/mol. The van der Waals surface area contributed by atoms with Gasteiger partial charge >= 0.3 is 8.05 Å². The molecule has 2 radical (unpaired) electrons. The fourth-order valence-corrected chi connectivity index (χ4v) is 4.39. The largest absolute Gasteiger partial charge is 0.560 e. The Labute approximate surface area is 183 Å². The van der Waals surface area contributed by atoms with Crippen molar-refractivity contribution in [2.75, 3.05) is 6.54 Å². The van der Waals surface area contributed by atoms with Crippen LogP contribution in [0.25, 0.3) is 11.3 Å². The van der Waals surface area contributed by atoms with Crippen molar-refractivity contribution in [1.82, 2.24) is 9.55 Å². The van der Waals surface area contributed by atoms with E-state index in [0.717, 1.165) is 35.5 Å². The lowest BCUT2D eigenvalue weighted by Crippen LogP contribution is -2.39. The third-order valence-corrected chi connectivity index (χ3v) is 9.67. The minimum absolute atomic E-state index is 0.0654. The molecule has 0 saturated carbocycles. The Morgan fingerprint density at radius 2 is 1.97 bits per heavy atom. The maximum atomic E-state index is 10.6. The van der Waals surface area contributed by atoms with Crippen LogP contribution >= 0.6 is 0 Å². The third kappa shape index (κ3) is 6.06. The number of aryl methyl sites for hydroxylation is 1. The molecule has 2 aromatic rings. The Hall–Kier alpha value is -1.90. The molecule has 0 aliphatic carbocycles. The average Bonchev–Trinajstić information content (AvgIpc) is 3.06. The van der Waals surface area contributed by atoms with E-state index in [2.05, 4.69) is 65.4 Å². The first-order valence-corrected chi connectivity index (χ1v) is 13.4. The zero-order valence-electron chi connectivity index (χ0n) is 19.1. The normalized spacial score (nSPS) is 14.8. The van der Waals surface area contributed by atoms with Gasteiger partial charge in [-0.05, 0) is 36.5 Å². The molecule has 0 saturated heterocycles. The maximum Gasteiger partial charge on any atom is 0.375 e. The van der Waals surface area contributed by atoms with Crippen LogP contribution in [0, 0.1) is 0 Å². The summed E-state index contributed by atoms with van der Waals surface area (Å²) in [6.07, 6.45) is 4.92. The van der Waals surface area contributed by atoms with Crippen LogP contribution in [0.15, 0.2) is 35.5 Å². The molecule has 1 heterocycles. The van der Waals surface area contributed by atoms with E-state index in [1.807, 2.05) is 20.1 Å². The summed E-state index contributed by atoms with van der Waals surface area (Å²) in [5.41, 5.74) is 8.93. The van der Waals surface area contributed by atoms with Gasteiger partial charge in [-0.1, -0.05) is 45.0 Å². The standard InChI is InChI=1S/C22H35BN4O2Si/c1-16(12-22(2,3)30(5,6)28)21-26-20(14-27(21)4)18-9-7-17(8-10-18)11-19(13-24)25-15-29-23/h7-10,14-16,19,28H,11-13,24H2,1-6H3. The van der Waals surface area contributed by atoms with Gasteiger partial charge in [0.1, 0.15) is 5.82 Å². The summed E-state index contributed by atoms with van der Waals surface area (Å²) in [5.74, 6) is 1.30. The molecule has 0 aliphatic rings. The molecule has 162 valence electrons. The Morgan fingerprint density at radius 3 is 2.50 bits per heavy atom. The molecule has 2 unspecified atom stereocenters. The van der Waals surface area contributed by atoms with Gasteiger partial charge in [-0.25, -0.2) is 4.98 Å². The van der Waals surface area contributed by atoms with Gasteiger partial charge in [0.25, 0.3) is 0 Å². The number of benzene rings is 1. The van der Waals surface area contributed by atoms with Crippen molar-refractivity contribution < 1.29 is 9.45 Å². The smallest absolute Gasteiger partial charge is 0.375 e. The number of aromatic nitrogens is 2. The Balaban J connectivity index is 2.15. The van der Waals surface area contributed by atoms with Crippen LogP contribution in [0.5, 0.6) is 0 Å². The highest BCUT2D eigenvalue weighted by molar-refractivity contribution is 6.72. The Morgan fingerprint density at radius 1 is 1.33 bits per heavy atom. The van der Waals surface area contributed by atoms with E-state index in [9.17, 15) is 4.80 Å². The highest BCUT2D eigenvalue weighted by Crippen LogP contribution is 2.43. The second-order valence-corrected chi connectivity index (χ2v) is 13.8. The topological polar surface area (TPSA) is 85.7 Å². The fraction of sp³-hybridized carbons (Fsp3) is 0.545. The third-order valence-electron chi connectivity index (χ3n) is 6.15. The molecule has 0 amide bonds. The number of hydrogen-bond donors (Lipinski definition) is 2. The summed E-state index contributed by atoms with van der Waals surface area (Å²) in [5, 5.41) is -0.0862. The minimum atomic E-state index is -2.26. The van der Waals surface area contributed by atoms with E-state index >= 15 is 0 Å². The Bertz CT molecular complexity index is 844. The monoisotopic (exact) mass is 426 g/mol. The zero-order chi connectivity index (χ0) is 22.5. The van der Waals surface area contributed by atoms with Crippen molar-refractivity contribution in [2.45, 2.75) is 63.7 Å². The van der Waals surface area contributed by atoms with Crippen LogP contribution in [0.3, 0.4) is 0 Å². The predicted molar refractivity (Wildman–Crippen MR) is 127 cm³/mol. The highest BCUT2D eigenvalue weighted by atomic mass is 28.4. The second-order valence-electron chi connectivity index (χ2n) is 9.32. The summed E-state index contributed by atoms with van der Waals surface area (Å²) in [6, 6.07) is 8.26. The van der Waals surface area contributed by atoms with E-state index in [1.165, 1.54) is 6.40 Å². The lowest BCUT2D eigenvalue weighted by Gasteiger charge is -2.36. The molecule has 0 bridgehead atoms. The first kappa shape index (κ1) is 24.4. The lowest BCUT2D eigenvalue weighted by atomic mass is 9.97. The molecule has 6 nitrogen and oxygen atoms in total. The Kier molecular flexibility index (Phi) is 8.07. The van der Waals surface area contributed by atoms with Crippen molar-refractivity contribution in [3.8, 4) is 11.3 Å². The molecule has 8 heteroatoms. The molecular formula is C22H35BN4O2Si. The molecule has 30 heavy (non-hydrogen) atoms. The summed E-state index contributed by atoms with van der Waals surface area (Å²) in [7, 11) is 4.77. The van der Waals surface area contributed by atoms with Crippen molar-refractivity contribution in [3.05, 3.63) is 41.9 Å². The molecule has 3 N–H and O–H groups in total. The number of nitrogens with zero attached hydrogens (tertiary/aromatic N) is 3. The molecule has 0 spiro atoms. The first-order valence-electron chi connectivity index (χ1n) is 10.4. The van der Waals surface area contributed by atoms with Gasteiger partial charge in [0.2, 0.25) is 0 Å². The van der Waals surface area contributed by atoms with Crippen molar-refractivity contribution >= 4 is 22.8 Å². The number of nitrogens with two attached hydrogens (primary N) is 1. The maximum absolute atomic E-state index is 10.6. The van der Waals surface area contributed by atoms with Crippen LogP contribution in [0.2, 0.25) is 18.1 Å². The fourth-order valence-electron chi connectivity index (χ4n) is 3.59. The van der Waals surface area contributed by atoms with Gasteiger partial charge in [0.05, 0.1) is 11.7 Å². The SMILES string of the molecule is [B]OC=NC(CN)Cc1ccc(-c2cn(C)c(C(C)CC(C)(C)[Si](C)(C)O)n2)cc1. The lowest BCUT2D eigenvalue weighted by molar-refractivity contribution is 0.422. The first-order chi connectivity index (χ1) is 14.0. The van der Waals surface area contributed by atoms with E-state index in [0.29, 0.717) is 6.54 Å². The number of imidazole rings is 1. The van der Waals surface area contributed by atoms with Gasteiger partial charge in [-0.3, -0.25) is 4.99 Å². The zero-order valence-corrected chi connectivity index (χ0v) is 20.1. The molecule has 2 rings (SSSR count). The van der Waals surface area contributed by atoms with E-state index in [-0.39, 0.29) is 17.0 Å². The average molecular weight is 426 g/mol. The van der Waals surface area contributed by atoms with Crippen molar-refractivity contribution in [3.63, 3.8) is 0 Å². The van der Waals surface area contributed by atoms with E-state index in [1.54, 1.807) is 0 Å². The summed E-state index contributed by atoms with van der Waals surface area (Å²) >= 11 is 0. The predicted octanol–water partition coefficient (Wildman–Crippen LogP) is 3.56. The highest BCUT2D eigenvalue weighted by Gasteiger charge is 2.39. The van der Waals surface area contributed by atoms with Gasteiger partial charge < -0.3 is 19.8 Å². The number of rotatable bonds is 10.